The Morgan fingerprint density at radius 1 is 1.14 bits per heavy atom. The van der Waals surface area contributed by atoms with Gasteiger partial charge in [0.05, 0.1) is 10.7 Å². The van der Waals surface area contributed by atoms with Crippen LogP contribution in [0.15, 0.2) is 23.6 Å². The highest BCUT2D eigenvalue weighted by molar-refractivity contribution is 7.09. The van der Waals surface area contributed by atoms with E-state index in [1.807, 2.05) is 0 Å². The summed E-state index contributed by atoms with van der Waals surface area (Å²) in [6, 6.07) is 7.74. The van der Waals surface area contributed by atoms with Crippen molar-refractivity contribution in [2.75, 3.05) is 6.54 Å². The van der Waals surface area contributed by atoms with E-state index in [-0.39, 0.29) is 0 Å². The number of aromatic nitrogens is 1. The summed E-state index contributed by atoms with van der Waals surface area (Å²) in [5.74, 6) is 0. The van der Waals surface area contributed by atoms with Crippen molar-refractivity contribution < 1.29 is 0 Å². The number of aryl methyl sites for hydroxylation is 2. The minimum absolute atomic E-state index is 0.796. The van der Waals surface area contributed by atoms with Gasteiger partial charge in [0, 0.05) is 30.0 Å². The zero-order valence-corrected chi connectivity index (χ0v) is 13.2. The molecule has 110 valence electrons. The lowest BCUT2D eigenvalue weighted by Gasteiger charge is -2.16. The molecule has 3 heteroatoms. The first-order chi connectivity index (χ1) is 10.4. The smallest absolute Gasteiger partial charge is 0.0945 e. The summed E-state index contributed by atoms with van der Waals surface area (Å²) in [7, 11) is 0. The monoisotopic (exact) mass is 298 g/mol. The van der Waals surface area contributed by atoms with Crippen molar-refractivity contribution in [3.8, 4) is 11.3 Å². The fraction of sp³-hybridized carbons (Fsp3) is 0.500. The first-order valence-electron chi connectivity index (χ1n) is 8.18. The molecule has 2 aliphatic carbocycles. The molecule has 0 amide bonds. The topological polar surface area (TPSA) is 24.9 Å². The minimum atomic E-state index is 0.796. The highest BCUT2D eigenvalue weighted by Crippen LogP contribution is 2.28. The second-order valence-corrected chi connectivity index (χ2v) is 7.24. The summed E-state index contributed by atoms with van der Waals surface area (Å²) < 4.78 is 0. The number of nitrogens with zero attached hydrogens (tertiary/aromatic N) is 1. The Morgan fingerprint density at radius 2 is 2.00 bits per heavy atom. The molecule has 0 radical (unpaired) electrons. The second-order valence-electron chi connectivity index (χ2n) is 6.30. The van der Waals surface area contributed by atoms with Gasteiger partial charge in [0.2, 0.25) is 0 Å². The Bertz CT molecular complexity index is 628. The zero-order chi connectivity index (χ0) is 14.1. The summed E-state index contributed by atoms with van der Waals surface area (Å²) in [6.45, 7) is 1.07. The van der Waals surface area contributed by atoms with Gasteiger partial charge in [-0.25, -0.2) is 4.98 Å². The average molecular weight is 298 g/mol. The van der Waals surface area contributed by atoms with Crippen LogP contribution >= 0.6 is 11.3 Å². The molecule has 0 spiro atoms. The average Bonchev–Trinajstić information content (AvgIpc) is 3.23. The molecule has 0 atom stereocenters. The molecule has 0 aliphatic heterocycles. The van der Waals surface area contributed by atoms with Crippen LogP contribution in [0.3, 0.4) is 0 Å². The molecule has 1 saturated carbocycles. The lowest BCUT2D eigenvalue weighted by Crippen LogP contribution is -2.19. The van der Waals surface area contributed by atoms with Crippen molar-refractivity contribution in [2.45, 2.75) is 51.0 Å². The second kappa shape index (κ2) is 5.90. The Hall–Kier alpha value is -1.19. The lowest BCUT2D eigenvalue weighted by molar-refractivity contribution is 0.680. The van der Waals surface area contributed by atoms with E-state index in [1.165, 1.54) is 49.1 Å². The number of benzene rings is 1. The van der Waals surface area contributed by atoms with Crippen LogP contribution in [0.5, 0.6) is 0 Å². The lowest BCUT2D eigenvalue weighted by atomic mass is 9.90. The number of nitrogens with one attached hydrogen (secondary N) is 1. The van der Waals surface area contributed by atoms with Crippen LogP contribution in [-0.4, -0.2) is 17.6 Å². The quantitative estimate of drug-likeness (QED) is 0.903. The number of rotatable bonds is 5. The van der Waals surface area contributed by atoms with Gasteiger partial charge in [0.15, 0.2) is 0 Å². The fourth-order valence-electron chi connectivity index (χ4n) is 3.12. The molecule has 1 heterocycles. The van der Waals surface area contributed by atoms with E-state index in [4.69, 9.17) is 4.98 Å². The van der Waals surface area contributed by atoms with Crippen molar-refractivity contribution in [3.05, 3.63) is 39.7 Å². The maximum atomic E-state index is 4.83. The van der Waals surface area contributed by atoms with Crippen LogP contribution in [0.4, 0.5) is 0 Å². The number of hydrogen-bond donors (Lipinski definition) is 1. The molecular weight excluding hydrogens is 276 g/mol. The van der Waals surface area contributed by atoms with Gasteiger partial charge in [0.25, 0.3) is 0 Å². The first-order valence-corrected chi connectivity index (χ1v) is 9.06. The Morgan fingerprint density at radius 3 is 2.86 bits per heavy atom. The first kappa shape index (κ1) is 13.5. The summed E-state index contributed by atoms with van der Waals surface area (Å²) in [5, 5.41) is 7.04. The number of fused-ring (bicyclic) bond motifs is 1. The molecule has 0 unspecified atom stereocenters. The third kappa shape index (κ3) is 3.19. The largest absolute Gasteiger partial charge is 0.314 e. The zero-order valence-electron chi connectivity index (χ0n) is 12.4. The minimum Gasteiger partial charge on any atom is -0.314 e. The van der Waals surface area contributed by atoms with Gasteiger partial charge >= 0.3 is 0 Å². The molecule has 1 N–H and O–H groups in total. The van der Waals surface area contributed by atoms with E-state index in [2.05, 4.69) is 28.9 Å². The molecule has 2 aromatic rings. The van der Waals surface area contributed by atoms with E-state index in [0.29, 0.717) is 0 Å². The molecule has 0 saturated heterocycles. The van der Waals surface area contributed by atoms with Crippen LogP contribution in [0.1, 0.15) is 41.8 Å². The highest BCUT2D eigenvalue weighted by Gasteiger charge is 2.19. The van der Waals surface area contributed by atoms with Crippen LogP contribution < -0.4 is 5.32 Å². The van der Waals surface area contributed by atoms with Gasteiger partial charge in [-0.2, -0.15) is 0 Å². The normalized spacial score (nSPS) is 17.7. The molecule has 1 aromatic heterocycles. The SMILES string of the molecule is c1cc2c(cc1-c1csc(CCNC3CC3)n1)CCCC2. The number of thiazole rings is 1. The molecule has 2 nitrogen and oxygen atoms in total. The summed E-state index contributed by atoms with van der Waals surface area (Å²) in [5.41, 5.74) is 5.56. The maximum absolute atomic E-state index is 4.83. The standard InChI is InChI=1S/C18H22N2S/c1-2-4-14-11-15(6-5-13(14)3-1)17-12-21-18(20-17)9-10-19-16-7-8-16/h5-6,11-12,16,19H,1-4,7-10H2. The number of hydrogen-bond acceptors (Lipinski definition) is 3. The van der Waals surface area contributed by atoms with Crippen LogP contribution in [0.25, 0.3) is 11.3 Å². The Labute approximate surface area is 130 Å². The van der Waals surface area contributed by atoms with Crippen molar-refractivity contribution in [1.29, 1.82) is 0 Å². The van der Waals surface area contributed by atoms with Gasteiger partial charge in [-0.3, -0.25) is 0 Å². The third-order valence-electron chi connectivity index (χ3n) is 4.55. The molecule has 0 bridgehead atoms. The summed E-state index contributed by atoms with van der Waals surface area (Å²) in [6.07, 6.45) is 8.96. The van der Waals surface area contributed by atoms with Crippen molar-refractivity contribution in [2.24, 2.45) is 0 Å². The third-order valence-corrected chi connectivity index (χ3v) is 5.45. The van der Waals surface area contributed by atoms with E-state index in [0.717, 1.165) is 24.7 Å². The predicted octanol–water partition coefficient (Wildman–Crippen LogP) is 3.98. The summed E-state index contributed by atoms with van der Waals surface area (Å²) in [4.78, 5) is 4.83. The molecule has 1 fully saturated rings. The Kier molecular flexibility index (Phi) is 3.78. The van der Waals surface area contributed by atoms with Crippen LogP contribution in [-0.2, 0) is 19.3 Å². The van der Waals surface area contributed by atoms with Crippen molar-refractivity contribution in [3.63, 3.8) is 0 Å². The van der Waals surface area contributed by atoms with Crippen LogP contribution in [0, 0.1) is 0 Å². The van der Waals surface area contributed by atoms with E-state index in [1.54, 1.807) is 22.5 Å². The fourth-order valence-corrected chi connectivity index (χ4v) is 3.93. The Balaban J connectivity index is 1.46. The van der Waals surface area contributed by atoms with E-state index in [9.17, 15) is 0 Å². The molecule has 21 heavy (non-hydrogen) atoms. The molecule has 1 aromatic carbocycles. The van der Waals surface area contributed by atoms with Crippen LogP contribution in [0.2, 0.25) is 0 Å². The van der Waals surface area contributed by atoms with E-state index < -0.39 is 0 Å². The van der Waals surface area contributed by atoms with Crippen molar-refractivity contribution in [1.82, 2.24) is 10.3 Å². The highest BCUT2D eigenvalue weighted by atomic mass is 32.1. The summed E-state index contributed by atoms with van der Waals surface area (Å²) >= 11 is 1.80. The van der Waals surface area contributed by atoms with Gasteiger partial charge in [0.1, 0.15) is 0 Å². The van der Waals surface area contributed by atoms with Crippen molar-refractivity contribution >= 4 is 11.3 Å². The van der Waals surface area contributed by atoms with Gasteiger partial charge in [-0.05, 0) is 55.7 Å². The predicted molar refractivity (Wildman–Crippen MR) is 88.9 cm³/mol. The van der Waals surface area contributed by atoms with E-state index >= 15 is 0 Å². The van der Waals surface area contributed by atoms with Gasteiger partial charge in [-0.15, -0.1) is 11.3 Å². The maximum Gasteiger partial charge on any atom is 0.0945 e. The molecule has 2 aliphatic rings. The van der Waals surface area contributed by atoms with Gasteiger partial charge < -0.3 is 5.32 Å². The molecular formula is C18H22N2S. The molecule has 4 rings (SSSR count). The van der Waals surface area contributed by atoms with Gasteiger partial charge in [-0.1, -0.05) is 12.1 Å².